The maximum atomic E-state index is 3.77. The van der Waals surface area contributed by atoms with Gasteiger partial charge in [-0.1, -0.05) is 6.08 Å². The van der Waals surface area contributed by atoms with Crippen molar-refractivity contribution in [1.29, 1.82) is 0 Å². The highest BCUT2D eigenvalue weighted by Gasteiger charge is 2.31. The fourth-order valence-electron chi connectivity index (χ4n) is 2.73. The molecule has 0 saturated carbocycles. The van der Waals surface area contributed by atoms with Crippen LogP contribution in [0.4, 0.5) is 0 Å². The second-order valence-electron chi connectivity index (χ2n) is 5.17. The molecule has 0 radical (unpaired) electrons. The van der Waals surface area contributed by atoms with Crippen LogP contribution in [0.2, 0.25) is 0 Å². The summed E-state index contributed by atoms with van der Waals surface area (Å²) in [6, 6.07) is 1.36. The van der Waals surface area contributed by atoms with E-state index in [1.54, 1.807) is 0 Å². The molecule has 2 atom stereocenters. The molecule has 2 unspecified atom stereocenters. The minimum Gasteiger partial charge on any atom is -0.313 e. The monoisotopic (exact) mass is 223 g/mol. The van der Waals surface area contributed by atoms with Gasteiger partial charge in [-0.15, -0.1) is 6.58 Å². The normalized spacial score (nSPS) is 34.9. The highest BCUT2D eigenvalue weighted by atomic mass is 15.3. The van der Waals surface area contributed by atoms with Crippen molar-refractivity contribution in [2.24, 2.45) is 0 Å². The van der Waals surface area contributed by atoms with E-state index >= 15 is 0 Å². The molecule has 92 valence electrons. The van der Waals surface area contributed by atoms with E-state index < -0.39 is 0 Å². The van der Waals surface area contributed by atoms with E-state index in [1.165, 1.54) is 39.1 Å². The Hall–Kier alpha value is -0.380. The first-order valence-corrected chi connectivity index (χ1v) is 6.60. The molecule has 1 N–H and O–H groups in total. The summed E-state index contributed by atoms with van der Waals surface area (Å²) in [5.41, 5.74) is 0. The van der Waals surface area contributed by atoms with Gasteiger partial charge in [0.2, 0.25) is 0 Å². The van der Waals surface area contributed by atoms with Crippen LogP contribution in [-0.4, -0.2) is 61.2 Å². The fraction of sp³-hybridized carbons (Fsp3) is 0.846. The van der Waals surface area contributed by atoms with Crippen LogP contribution in [0.5, 0.6) is 0 Å². The Morgan fingerprint density at radius 2 is 2.12 bits per heavy atom. The molecular weight excluding hydrogens is 198 g/mol. The standard InChI is InChI=1S/C13H25N3/c1-3-4-5-12(2)14-10-13-11-15-6-8-16(13)9-7-15/h3,12-14H,1,4-11H2,2H3. The highest BCUT2D eigenvalue weighted by molar-refractivity contribution is 4.89. The Morgan fingerprint density at radius 3 is 2.69 bits per heavy atom. The number of allylic oxidation sites excluding steroid dienone is 1. The Balaban J connectivity index is 1.67. The zero-order valence-corrected chi connectivity index (χ0v) is 10.5. The number of nitrogens with zero attached hydrogens (tertiary/aromatic N) is 2. The quantitative estimate of drug-likeness (QED) is 0.676. The first kappa shape index (κ1) is 12.1. The van der Waals surface area contributed by atoms with Crippen LogP contribution in [-0.2, 0) is 0 Å². The van der Waals surface area contributed by atoms with Gasteiger partial charge < -0.3 is 5.32 Å². The largest absolute Gasteiger partial charge is 0.313 e. The number of rotatable bonds is 6. The molecule has 0 amide bonds. The summed E-state index contributed by atoms with van der Waals surface area (Å²) in [5, 5.41) is 3.66. The van der Waals surface area contributed by atoms with Gasteiger partial charge in [0.05, 0.1) is 0 Å². The minimum absolute atomic E-state index is 0.620. The van der Waals surface area contributed by atoms with E-state index in [9.17, 15) is 0 Å². The molecule has 3 saturated heterocycles. The number of hydrogen-bond donors (Lipinski definition) is 1. The second-order valence-corrected chi connectivity index (χ2v) is 5.17. The van der Waals surface area contributed by atoms with Gasteiger partial charge in [-0.2, -0.15) is 0 Å². The van der Waals surface area contributed by atoms with Gasteiger partial charge in [0.15, 0.2) is 0 Å². The summed E-state index contributed by atoms with van der Waals surface area (Å²) in [6.45, 7) is 13.6. The molecule has 0 aliphatic carbocycles. The molecule has 3 fully saturated rings. The zero-order chi connectivity index (χ0) is 11.4. The maximum absolute atomic E-state index is 3.77. The van der Waals surface area contributed by atoms with E-state index in [2.05, 4.69) is 28.6 Å². The van der Waals surface area contributed by atoms with Crippen molar-refractivity contribution in [3.63, 3.8) is 0 Å². The Labute approximate surface area is 99.5 Å². The predicted molar refractivity (Wildman–Crippen MR) is 68.7 cm³/mol. The lowest BCUT2D eigenvalue weighted by Crippen LogP contribution is -2.63. The van der Waals surface area contributed by atoms with Crippen LogP contribution in [0.3, 0.4) is 0 Å². The topological polar surface area (TPSA) is 18.5 Å². The Bertz CT molecular complexity index is 221. The molecule has 3 heterocycles. The van der Waals surface area contributed by atoms with Gasteiger partial charge in [-0.3, -0.25) is 9.80 Å². The lowest BCUT2D eigenvalue weighted by Gasteiger charge is -2.47. The fourth-order valence-corrected chi connectivity index (χ4v) is 2.73. The summed E-state index contributed by atoms with van der Waals surface area (Å²) in [5.74, 6) is 0. The van der Waals surface area contributed by atoms with E-state index in [4.69, 9.17) is 0 Å². The van der Waals surface area contributed by atoms with Crippen molar-refractivity contribution in [1.82, 2.24) is 15.1 Å². The molecule has 3 heteroatoms. The van der Waals surface area contributed by atoms with Crippen molar-refractivity contribution in [2.45, 2.75) is 31.8 Å². The molecule has 3 aliphatic heterocycles. The third-order valence-electron chi connectivity index (χ3n) is 3.90. The lowest BCUT2D eigenvalue weighted by atomic mass is 10.1. The first-order valence-electron chi connectivity index (χ1n) is 6.60. The molecule has 16 heavy (non-hydrogen) atoms. The van der Waals surface area contributed by atoms with Crippen LogP contribution < -0.4 is 5.32 Å². The summed E-state index contributed by atoms with van der Waals surface area (Å²) in [7, 11) is 0. The van der Waals surface area contributed by atoms with Gasteiger partial charge in [0, 0.05) is 51.4 Å². The molecule has 0 spiro atoms. The van der Waals surface area contributed by atoms with Gasteiger partial charge >= 0.3 is 0 Å². The number of hydrogen-bond acceptors (Lipinski definition) is 3. The van der Waals surface area contributed by atoms with E-state index in [0.717, 1.165) is 19.0 Å². The average molecular weight is 223 g/mol. The third-order valence-corrected chi connectivity index (χ3v) is 3.90. The first-order chi connectivity index (χ1) is 7.79. The van der Waals surface area contributed by atoms with Crippen molar-refractivity contribution in [3.05, 3.63) is 12.7 Å². The molecular formula is C13H25N3. The van der Waals surface area contributed by atoms with Crippen molar-refractivity contribution >= 4 is 0 Å². The van der Waals surface area contributed by atoms with Crippen molar-refractivity contribution in [3.8, 4) is 0 Å². The summed E-state index contributed by atoms with van der Waals surface area (Å²) in [4.78, 5) is 5.24. The molecule has 3 rings (SSSR count). The van der Waals surface area contributed by atoms with E-state index in [1.807, 2.05) is 6.08 Å². The van der Waals surface area contributed by atoms with Gasteiger partial charge in [0.1, 0.15) is 0 Å². The Morgan fingerprint density at radius 1 is 1.38 bits per heavy atom. The summed E-state index contributed by atoms with van der Waals surface area (Å²) >= 11 is 0. The lowest BCUT2D eigenvalue weighted by molar-refractivity contribution is 0.0128. The smallest absolute Gasteiger partial charge is 0.0349 e. The van der Waals surface area contributed by atoms with Gasteiger partial charge in [0.25, 0.3) is 0 Å². The van der Waals surface area contributed by atoms with Gasteiger partial charge in [-0.05, 0) is 19.8 Å². The molecule has 3 nitrogen and oxygen atoms in total. The van der Waals surface area contributed by atoms with Crippen LogP contribution in [0, 0.1) is 0 Å². The predicted octanol–water partition coefficient (Wildman–Crippen LogP) is 0.930. The molecule has 0 aromatic carbocycles. The highest BCUT2D eigenvalue weighted by Crippen LogP contribution is 2.15. The molecule has 3 aliphatic rings. The van der Waals surface area contributed by atoms with Crippen molar-refractivity contribution in [2.75, 3.05) is 39.3 Å². The zero-order valence-electron chi connectivity index (χ0n) is 10.5. The number of fused-ring (bicyclic) bond motifs is 3. The third kappa shape index (κ3) is 3.06. The summed E-state index contributed by atoms with van der Waals surface area (Å²) < 4.78 is 0. The van der Waals surface area contributed by atoms with Gasteiger partial charge in [-0.25, -0.2) is 0 Å². The molecule has 0 aromatic heterocycles. The maximum Gasteiger partial charge on any atom is 0.0349 e. The number of nitrogens with one attached hydrogen (secondary N) is 1. The number of piperazine rings is 3. The second kappa shape index (κ2) is 5.80. The van der Waals surface area contributed by atoms with Crippen LogP contribution in [0.15, 0.2) is 12.7 Å². The van der Waals surface area contributed by atoms with E-state index in [0.29, 0.717) is 6.04 Å². The molecule has 0 aromatic rings. The average Bonchev–Trinajstić information content (AvgIpc) is 2.35. The summed E-state index contributed by atoms with van der Waals surface area (Å²) in [6.07, 6.45) is 4.34. The van der Waals surface area contributed by atoms with Crippen LogP contribution in [0.25, 0.3) is 0 Å². The van der Waals surface area contributed by atoms with Crippen LogP contribution in [0.1, 0.15) is 19.8 Å². The van der Waals surface area contributed by atoms with Crippen molar-refractivity contribution < 1.29 is 0 Å². The Kier molecular flexibility index (Phi) is 4.38. The van der Waals surface area contributed by atoms with E-state index in [-0.39, 0.29) is 0 Å². The van der Waals surface area contributed by atoms with Crippen LogP contribution >= 0.6 is 0 Å². The SMILES string of the molecule is C=CCCC(C)NCC1CN2CCN1CC2. The molecule has 2 bridgehead atoms. The minimum atomic E-state index is 0.620.